The minimum atomic E-state index is 1.14. The Kier molecular flexibility index (Phi) is 2.81. The Labute approximate surface area is 61.4 Å². The van der Waals surface area contributed by atoms with Crippen LogP contribution in [0.25, 0.3) is 6.08 Å². The van der Waals surface area contributed by atoms with Crippen molar-refractivity contribution in [1.82, 2.24) is 0 Å². The summed E-state index contributed by atoms with van der Waals surface area (Å²) in [6.45, 7) is 2.17. The molecule has 0 bridgehead atoms. The van der Waals surface area contributed by atoms with E-state index in [2.05, 4.69) is 19.1 Å². The fraction of sp³-hybridized carbons (Fsp3) is 0.333. The maximum absolute atomic E-state index is 4.89. The van der Waals surface area contributed by atoms with Gasteiger partial charge in [0.05, 0.1) is 12.5 Å². The van der Waals surface area contributed by atoms with Gasteiger partial charge in [0, 0.05) is 5.56 Å². The molecule has 1 nitrogen and oxygen atoms in total. The lowest BCUT2D eigenvalue weighted by Crippen LogP contribution is -1.61. The van der Waals surface area contributed by atoms with Crippen LogP contribution < -0.4 is 0 Å². The van der Waals surface area contributed by atoms with Gasteiger partial charge in [0.2, 0.25) is 0 Å². The highest BCUT2D eigenvalue weighted by Gasteiger charge is 1.83. The zero-order chi connectivity index (χ0) is 7.23. The van der Waals surface area contributed by atoms with Gasteiger partial charge >= 0.3 is 0 Å². The minimum Gasteiger partial charge on any atom is -0.472 e. The topological polar surface area (TPSA) is 13.1 Å². The second-order valence-corrected chi connectivity index (χ2v) is 2.25. The summed E-state index contributed by atoms with van der Waals surface area (Å²) < 4.78 is 4.89. The molecule has 1 rings (SSSR count). The van der Waals surface area contributed by atoms with Crippen molar-refractivity contribution in [2.75, 3.05) is 0 Å². The molecule has 0 aliphatic rings. The van der Waals surface area contributed by atoms with Gasteiger partial charge in [-0.2, -0.15) is 0 Å². The van der Waals surface area contributed by atoms with Crippen LogP contribution in [-0.2, 0) is 0 Å². The van der Waals surface area contributed by atoms with E-state index >= 15 is 0 Å². The SMILES string of the molecule is CCCC=Cc1ccoc1. The van der Waals surface area contributed by atoms with Crippen LogP contribution in [0.2, 0.25) is 0 Å². The maximum atomic E-state index is 4.89. The highest BCUT2D eigenvalue weighted by molar-refractivity contribution is 5.46. The monoisotopic (exact) mass is 136 g/mol. The molecule has 10 heavy (non-hydrogen) atoms. The Bertz CT molecular complexity index is 185. The summed E-state index contributed by atoms with van der Waals surface area (Å²) >= 11 is 0. The summed E-state index contributed by atoms with van der Waals surface area (Å²) in [7, 11) is 0. The van der Waals surface area contributed by atoms with Crippen molar-refractivity contribution in [2.24, 2.45) is 0 Å². The van der Waals surface area contributed by atoms with E-state index in [4.69, 9.17) is 4.42 Å². The third-order valence-electron chi connectivity index (χ3n) is 1.31. The van der Waals surface area contributed by atoms with E-state index < -0.39 is 0 Å². The molecule has 1 heteroatoms. The molecule has 1 heterocycles. The third kappa shape index (κ3) is 2.09. The summed E-state index contributed by atoms with van der Waals surface area (Å²) in [5.41, 5.74) is 1.15. The van der Waals surface area contributed by atoms with Crippen molar-refractivity contribution in [1.29, 1.82) is 0 Å². The molecule has 1 aromatic rings. The molecule has 0 saturated heterocycles. The van der Waals surface area contributed by atoms with E-state index in [1.807, 2.05) is 6.07 Å². The highest BCUT2D eigenvalue weighted by Crippen LogP contribution is 2.03. The van der Waals surface area contributed by atoms with Crippen LogP contribution in [0.4, 0.5) is 0 Å². The average Bonchev–Trinajstić information content (AvgIpc) is 2.41. The van der Waals surface area contributed by atoms with Crippen LogP contribution in [-0.4, -0.2) is 0 Å². The molecule has 0 atom stereocenters. The Hall–Kier alpha value is -0.980. The van der Waals surface area contributed by atoms with E-state index in [0.29, 0.717) is 0 Å². The quantitative estimate of drug-likeness (QED) is 0.622. The molecule has 0 radical (unpaired) electrons. The Morgan fingerprint density at radius 3 is 3.10 bits per heavy atom. The smallest absolute Gasteiger partial charge is 0.0974 e. The largest absolute Gasteiger partial charge is 0.472 e. The fourth-order valence-corrected chi connectivity index (χ4v) is 0.756. The van der Waals surface area contributed by atoms with Crippen LogP contribution >= 0.6 is 0 Å². The van der Waals surface area contributed by atoms with Gasteiger partial charge in [-0.25, -0.2) is 0 Å². The van der Waals surface area contributed by atoms with E-state index in [0.717, 1.165) is 12.0 Å². The molecule has 0 aliphatic heterocycles. The van der Waals surface area contributed by atoms with Crippen molar-refractivity contribution in [2.45, 2.75) is 19.8 Å². The van der Waals surface area contributed by atoms with Gasteiger partial charge in [-0.05, 0) is 12.5 Å². The summed E-state index contributed by atoms with van der Waals surface area (Å²) in [5.74, 6) is 0. The first-order valence-electron chi connectivity index (χ1n) is 3.62. The first-order valence-corrected chi connectivity index (χ1v) is 3.62. The lowest BCUT2D eigenvalue weighted by Gasteiger charge is -1.82. The van der Waals surface area contributed by atoms with E-state index in [1.54, 1.807) is 12.5 Å². The Balaban J connectivity index is 2.40. The highest BCUT2D eigenvalue weighted by atomic mass is 16.3. The molecule has 0 spiro atoms. The molecule has 0 aliphatic carbocycles. The fourth-order valence-electron chi connectivity index (χ4n) is 0.756. The van der Waals surface area contributed by atoms with Crippen molar-refractivity contribution < 1.29 is 4.42 Å². The number of hydrogen-bond acceptors (Lipinski definition) is 1. The number of furan rings is 1. The van der Waals surface area contributed by atoms with Crippen LogP contribution in [0.5, 0.6) is 0 Å². The molecule has 0 N–H and O–H groups in total. The second kappa shape index (κ2) is 3.94. The van der Waals surface area contributed by atoms with Gasteiger partial charge in [0.1, 0.15) is 0 Å². The molecule has 0 unspecified atom stereocenters. The van der Waals surface area contributed by atoms with Crippen LogP contribution in [0.15, 0.2) is 29.1 Å². The number of hydrogen-bond donors (Lipinski definition) is 0. The maximum Gasteiger partial charge on any atom is 0.0974 e. The van der Waals surface area contributed by atoms with Crippen molar-refractivity contribution in [3.8, 4) is 0 Å². The van der Waals surface area contributed by atoms with Crippen molar-refractivity contribution in [3.63, 3.8) is 0 Å². The average molecular weight is 136 g/mol. The van der Waals surface area contributed by atoms with Gasteiger partial charge in [-0.15, -0.1) is 0 Å². The lowest BCUT2D eigenvalue weighted by atomic mass is 10.2. The number of allylic oxidation sites excluding steroid dienone is 1. The van der Waals surface area contributed by atoms with Gasteiger partial charge in [-0.3, -0.25) is 0 Å². The van der Waals surface area contributed by atoms with Crippen molar-refractivity contribution in [3.05, 3.63) is 30.2 Å². The zero-order valence-electron chi connectivity index (χ0n) is 6.21. The standard InChI is InChI=1S/C9H12O/c1-2-3-4-5-9-6-7-10-8-9/h4-8H,2-3H2,1H3. The van der Waals surface area contributed by atoms with Crippen LogP contribution in [0.3, 0.4) is 0 Å². The molecular formula is C9H12O. The molecular weight excluding hydrogens is 124 g/mol. The Morgan fingerprint density at radius 1 is 1.60 bits per heavy atom. The van der Waals surface area contributed by atoms with E-state index in [-0.39, 0.29) is 0 Å². The predicted octanol–water partition coefficient (Wildman–Crippen LogP) is 3.09. The predicted molar refractivity (Wildman–Crippen MR) is 42.7 cm³/mol. The lowest BCUT2D eigenvalue weighted by molar-refractivity contribution is 0.567. The second-order valence-electron chi connectivity index (χ2n) is 2.25. The zero-order valence-corrected chi connectivity index (χ0v) is 6.21. The molecule has 0 aromatic carbocycles. The first-order chi connectivity index (χ1) is 4.93. The minimum absolute atomic E-state index is 1.14. The summed E-state index contributed by atoms with van der Waals surface area (Å²) in [6, 6.07) is 1.95. The van der Waals surface area contributed by atoms with Gasteiger partial charge in [-0.1, -0.05) is 25.5 Å². The normalized spacial score (nSPS) is 10.9. The van der Waals surface area contributed by atoms with Crippen molar-refractivity contribution >= 4 is 6.08 Å². The molecule has 54 valence electrons. The molecule has 0 fully saturated rings. The molecule has 0 saturated carbocycles. The third-order valence-corrected chi connectivity index (χ3v) is 1.31. The van der Waals surface area contributed by atoms with Crippen LogP contribution in [0, 0.1) is 0 Å². The first kappa shape index (κ1) is 7.13. The number of rotatable bonds is 3. The number of unbranched alkanes of at least 4 members (excludes halogenated alkanes) is 1. The van der Waals surface area contributed by atoms with E-state index in [1.165, 1.54) is 6.42 Å². The summed E-state index contributed by atoms with van der Waals surface area (Å²) in [5, 5.41) is 0. The van der Waals surface area contributed by atoms with Gasteiger partial charge < -0.3 is 4.42 Å². The molecule has 0 amide bonds. The Morgan fingerprint density at radius 2 is 2.50 bits per heavy atom. The van der Waals surface area contributed by atoms with E-state index in [9.17, 15) is 0 Å². The van der Waals surface area contributed by atoms with Crippen LogP contribution in [0.1, 0.15) is 25.3 Å². The summed E-state index contributed by atoms with van der Waals surface area (Å²) in [4.78, 5) is 0. The molecule has 1 aromatic heterocycles. The summed E-state index contributed by atoms with van der Waals surface area (Å²) in [6.07, 6.45) is 10.0. The van der Waals surface area contributed by atoms with Gasteiger partial charge in [0.15, 0.2) is 0 Å². The van der Waals surface area contributed by atoms with Gasteiger partial charge in [0.25, 0.3) is 0 Å².